The maximum Gasteiger partial charge on any atom is 0.337 e. The molecule has 98 valence electrons. The van der Waals surface area contributed by atoms with Crippen LogP contribution >= 0.6 is 0 Å². The van der Waals surface area contributed by atoms with Crippen LogP contribution in [0.25, 0.3) is 0 Å². The fourth-order valence-electron chi connectivity index (χ4n) is 1.74. The standard InChI is InChI=1S/C15H15NO3/c1-2-19-12-9-7-11(8-10-12)16-14-6-4-3-5-13(14)15(17)18/h3-10,16H,2H2,1H3,(H,17,18). The highest BCUT2D eigenvalue weighted by molar-refractivity contribution is 5.95. The van der Waals surface area contributed by atoms with Gasteiger partial charge in [0.25, 0.3) is 0 Å². The monoisotopic (exact) mass is 257 g/mol. The van der Waals surface area contributed by atoms with Gasteiger partial charge in [0.05, 0.1) is 17.9 Å². The Balaban J connectivity index is 2.19. The molecule has 0 saturated heterocycles. The van der Waals surface area contributed by atoms with E-state index in [-0.39, 0.29) is 5.56 Å². The summed E-state index contributed by atoms with van der Waals surface area (Å²) in [5, 5.41) is 12.2. The maximum absolute atomic E-state index is 11.1. The maximum atomic E-state index is 11.1. The number of carboxylic acids is 1. The first-order valence-corrected chi connectivity index (χ1v) is 6.03. The second-order valence-electron chi connectivity index (χ2n) is 3.93. The van der Waals surface area contributed by atoms with Gasteiger partial charge in [-0.2, -0.15) is 0 Å². The number of hydrogen-bond donors (Lipinski definition) is 2. The normalized spacial score (nSPS) is 9.95. The summed E-state index contributed by atoms with van der Waals surface area (Å²) in [6.07, 6.45) is 0. The van der Waals surface area contributed by atoms with E-state index in [0.717, 1.165) is 11.4 Å². The number of rotatable bonds is 5. The van der Waals surface area contributed by atoms with Crippen LogP contribution in [0.3, 0.4) is 0 Å². The van der Waals surface area contributed by atoms with Gasteiger partial charge < -0.3 is 15.2 Å². The van der Waals surface area contributed by atoms with E-state index < -0.39 is 5.97 Å². The highest BCUT2D eigenvalue weighted by atomic mass is 16.5. The Morgan fingerprint density at radius 1 is 1.16 bits per heavy atom. The van der Waals surface area contributed by atoms with Gasteiger partial charge in [0, 0.05) is 5.69 Å². The summed E-state index contributed by atoms with van der Waals surface area (Å²) >= 11 is 0. The number of aromatic carboxylic acids is 1. The van der Waals surface area contributed by atoms with Crippen LogP contribution in [0.1, 0.15) is 17.3 Å². The minimum absolute atomic E-state index is 0.247. The summed E-state index contributed by atoms with van der Waals surface area (Å²) in [7, 11) is 0. The Kier molecular flexibility index (Phi) is 4.03. The fourth-order valence-corrected chi connectivity index (χ4v) is 1.74. The van der Waals surface area contributed by atoms with Crippen LogP contribution in [0.15, 0.2) is 48.5 Å². The fraction of sp³-hybridized carbons (Fsp3) is 0.133. The number of hydrogen-bond acceptors (Lipinski definition) is 3. The summed E-state index contributed by atoms with van der Waals surface area (Å²) in [5.74, 6) is -0.159. The summed E-state index contributed by atoms with van der Waals surface area (Å²) in [5.41, 5.74) is 1.63. The molecule has 0 heterocycles. The quantitative estimate of drug-likeness (QED) is 0.860. The molecule has 2 aromatic carbocycles. The third-order valence-corrected chi connectivity index (χ3v) is 2.60. The Hall–Kier alpha value is -2.49. The van der Waals surface area contributed by atoms with Crippen LogP contribution in [0.5, 0.6) is 5.75 Å². The number of carbonyl (C=O) groups is 1. The van der Waals surface area contributed by atoms with Crippen LogP contribution in [-0.4, -0.2) is 17.7 Å². The molecule has 2 aromatic rings. The topological polar surface area (TPSA) is 58.6 Å². The molecule has 0 saturated carbocycles. The molecule has 0 fully saturated rings. The van der Waals surface area contributed by atoms with Crippen molar-refractivity contribution < 1.29 is 14.6 Å². The van der Waals surface area contributed by atoms with Crippen molar-refractivity contribution in [1.82, 2.24) is 0 Å². The highest BCUT2D eigenvalue weighted by Crippen LogP contribution is 2.22. The van der Waals surface area contributed by atoms with Crippen molar-refractivity contribution in [1.29, 1.82) is 0 Å². The number of anilines is 2. The average molecular weight is 257 g/mol. The molecule has 0 aliphatic carbocycles. The molecular formula is C15H15NO3. The molecule has 4 nitrogen and oxygen atoms in total. The van der Waals surface area contributed by atoms with Crippen LogP contribution in [0.4, 0.5) is 11.4 Å². The van der Waals surface area contributed by atoms with Crippen molar-refractivity contribution in [2.24, 2.45) is 0 Å². The summed E-state index contributed by atoms with van der Waals surface area (Å²) in [6.45, 7) is 2.55. The van der Waals surface area contributed by atoms with E-state index in [9.17, 15) is 4.79 Å². The lowest BCUT2D eigenvalue weighted by Crippen LogP contribution is -2.02. The van der Waals surface area contributed by atoms with Crippen LogP contribution < -0.4 is 10.1 Å². The molecule has 4 heteroatoms. The van der Waals surface area contributed by atoms with Crippen LogP contribution in [0, 0.1) is 0 Å². The van der Waals surface area contributed by atoms with E-state index in [2.05, 4.69) is 5.32 Å². The molecule has 0 radical (unpaired) electrons. The van der Waals surface area contributed by atoms with Crippen LogP contribution in [-0.2, 0) is 0 Å². The van der Waals surface area contributed by atoms with E-state index in [0.29, 0.717) is 12.3 Å². The van der Waals surface area contributed by atoms with Gasteiger partial charge in [-0.15, -0.1) is 0 Å². The lowest BCUT2D eigenvalue weighted by Gasteiger charge is -2.10. The van der Waals surface area contributed by atoms with Crippen molar-refractivity contribution in [3.8, 4) is 5.75 Å². The predicted molar refractivity (Wildman–Crippen MR) is 74.3 cm³/mol. The molecule has 0 atom stereocenters. The minimum Gasteiger partial charge on any atom is -0.494 e. The van der Waals surface area contributed by atoms with E-state index >= 15 is 0 Å². The highest BCUT2D eigenvalue weighted by Gasteiger charge is 2.08. The average Bonchev–Trinajstić information content (AvgIpc) is 2.42. The van der Waals surface area contributed by atoms with E-state index in [4.69, 9.17) is 9.84 Å². The van der Waals surface area contributed by atoms with Gasteiger partial charge in [0.15, 0.2) is 0 Å². The summed E-state index contributed by atoms with van der Waals surface area (Å²) < 4.78 is 5.35. The van der Waals surface area contributed by atoms with Gasteiger partial charge in [-0.05, 0) is 43.3 Å². The first-order valence-electron chi connectivity index (χ1n) is 6.03. The van der Waals surface area contributed by atoms with Crippen molar-refractivity contribution >= 4 is 17.3 Å². The minimum atomic E-state index is -0.950. The van der Waals surface area contributed by atoms with Crippen molar-refractivity contribution in [3.63, 3.8) is 0 Å². The van der Waals surface area contributed by atoms with Gasteiger partial charge in [-0.3, -0.25) is 0 Å². The van der Waals surface area contributed by atoms with Gasteiger partial charge in [-0.25, -0.2) is 4.79 Å². The zero-order valence-corrected chi connectivity index (χ0v) is 10.6. The molecule has 0 amide bonds. The molecule has 0 aliphatic heterocycles. The van der Waals surface area contributed by atoms with Gasteiger partial charge in [0.2, 0.25) is 0 Å². The molecule has 0 aromatic heterocycles. The van der Waals surface area contributed by atoms with Gasteiger partial charge in [0.1, 0.15) is 5.75 Å². The van der Waals surface area contributed by atoms with E-state index in [1.54, 1.807) is 24.3 Å². The third kappa shape index (κ3) is 3.25. The number of ether oxygens (including phenoxy) is 1. The number of para-hydroxylation sites is 1. The smallest absolute Gasteiger partial charge is 0.337 e. The first-order chi connectivity index (χ1) is 9.20. The second-order valence-corrected chi connectivity index (χ2v) is 3.93. The van der Waals surface area contributed by atoms with Crippen molar-refractivity contribution in [2.45, 2.75) is 6.92 Å². The lowest BCUT2D eigenvalue weighted by molar-refractivity contribution is 0.0698. The predicted octanol–water partition coefficient (Wildman–Crippen LogP) is 3.53. The second kappa shape index (κ2) is 5.91. The molecule has 19 heavy (non-hydrogen) atoms. The Bertz CT molecular complexity index is 564. The summed E-state index contributed by atoms with van der Waals surface area (Å²) in [4.78, 5) is 11.1. The Morgan fingerprint density at radius 2 is 1.84 bits per heavy atom. The lowest BCUT2D eigenvalue weighted by atomic mass is 10.1. The molecule has 0 bridgehead atoms. The zero-order valence-electron chi connectivity index (χ0n) is 10.6. The van der Waals surface area contributed by atoms with Gasteiger partial charge >= 0.3 is 5.97 Å². The molecule has 2 N–H and O–H groups in total. The number of nitrogens with one attached hydrogen (secondary N) is 1. The van der Waals surface area contributed by atoms with Crippen LogP contribution in [0.2, 0.25) is 0 Å². The number of carboxylic acid groups (broad SMARTS) is 1. The van der Waals surface area contributed by atoms with E-state index in [1.807, 2.05) is 31.2 Å². The zero-order chi connectivity index (χ0) is 13.7. The molecule has 2 rings (SSSR count). The molecule has 0 spiro atoms. The first kappa shape index (κ1) is 13.0. The third-order valence-electron chi connectivity index (χ3n) is 2.60. The van der Waals surface area contributed by atoms with Gasteiger partial charge in [-0.1, -0.05) is 12.1 Å². The molecule has 0 unspecified atom stereocenters. The van der Waals surface area contributed by atoms with Crippen molar-refractivity contribution in [3.05, 3.63) is 54.1 Å². The molecular weight excluding hydrogens is 242 g/mol. The SMILES string of the molecule is CCOc1ccc(Nc2ccccc2C(=O)O)cc1. The Labute approximate surface area is 111 Å². The molecule has 0 aliphatic rings. The summed E-state index contributed by atoms with van der Waals surface area (Å²) in [6, 6.07) is 14.2. The van der Waals surface area contributed by atoms with E-state index in [1.165, 1.54) is 0 Å². The Morgan fingerprint density at radius 3 is 2.47 bits per heavy atom. The largest absolute Gasteiger partial charge is 0.494 e. The van der Waals surface area contributed by atoms with Crippen molar-refractivity contribution in [2.75, 3.05) is 11.9 Å². The number of benzene rings is 2.